The average molecular weight is 463 g/mol. The summed E-state index contributed by atoms with van der Waals surface area (Å²) < 4.78 is 27.9. The number of aromatic amines is 1. The van der Waals surface area contributed by atoms with Gasteiger partial charge in [-0.3, -0.25) is 5.10 Å². The SMILES string of the molecule is CCCOc1ccc([C@H]2C(C#N)=C(N)Oc3n[nH]c(-c4cc(OC)c(OC)c(OC)c4)c32)cc1. The van der Waals surface area contributed by atoms with Crippen molar-refractivity contribution in [1.29, 1.82) is 5.26 Å². The Morgan fingerprint density at radius 2 is 1.76 bits per heavy atom. The van der Waals surface area contributed by atoms with Gasteiger partial charge < -0.3 is 29.4 Å². The van der Waals surface area contributed by atoms with Crippen LogP contribution in [0.2, 0.25) is 0 Å². The molecule has 2 heterocycles. The van der Waals surface area contributed by atoms with E-state index in [1.807, 2.05) is 43.3 Å². The number of H-pyrrole nitrogens is 1. The number of benzene rings is 2. The maximum absolute atomic E-state index is 9.94. The zero-order valence-electron chi connectivity index (χ0n) is 19.5. The first kappa shape index (κ1) is 22.9. The largest absolute Gasteiger partial charge is 0.494 e. The number of allylic oxidation sites excluding steroid dienone is 1. The molecule has 0 spiro atoms. The molecule has 0 saturated carbocycles. The third-order valence-electron chi connectivity index (χ3n) is 5.58. The monoisotopic (exact) mass is 462 g/mol. The van der Waals surface area contributed by atoms with Crippen LogP contribution in [-0.2, 0) is 0 Å². The third kappa shape index (κ3) is 3.94. The van der Waals surface area contributed by atoms with Crippen molar-refractivity contribution >= 4 is 0 Å². The molecule has 34 heavy (non-hydrogen) atoms. The van der Waals surface area contributed by atoms with Gasteiger partial charge in [0, 0.05) is 5.56 Å². The Labute approximate surface area is 197 Å². The van der Waals surface area contributed by atoms with E-state index in [2.05, 4.69) is 16.3 Å². The van der Waals surface area contributed by atoms with Crippen LogP contribution in [0.4, 0.5) is 0 Å². The number of aromatic nitrogens is 2. The van der Waals surface area contributed by atoms with Crippen molar-refractivity contribution in [3.63, 3.8) is 0 Å². The van der Waals surface area contributed by atoms with E-state index in [0.29, 0.717) is 46.6 Å². The first-order valence-electron chi connectivity index (χ1n) is 10.7. The van der Waals surface area contributed by atoms with Crippen molar-refractivity contribution in [2.45, 2.75) is 19.3 Å². The fraction of sp³-hybridized carbons (Fsp3) is 0.280. The Kier molecular flexibility index (Phi) is 6.50. The first-order chi connectivity index (χ1) is 16.6. The van der Waals surface area contributed by atoms with Crippen LogP contribution >= 0.6 is 0 Å². The predicted molar refractivity (Wildman–Crippen MR) is 125 cm³/mol. The lowest BCUT2D eigenvalue weighted by Gasteiger charge is -2.24. The molecule has 0 amide bonds. The molecular weight excluding hydrogens is 436 g/mol. The topological polar surface area (TPSA) is 125 Å². The number of nitrogens with zero attached hydrogens (tertiary/aromatic N) is 2. The highest BCUT2D eigenvalue weighted by Gasteiger charge is 2.36. The lowest BCUT2D eigenvalue weighted by atomic mass is 9.83. The molecule has 176 valence electrons. The summed E-state index contributed by atoms with van der Waals surface area (Å²) in [6.07, 6.45) is 0.913. The summed E-state index contributed by atoms with van der Waals surface area (Å²) >= 11 is 0. The van der Waals surface area contributed by atoms with E-state index < -0.39 is 5.92 Å². The number of ether oxygens (including phenoxy) is 5. The van der Waals surface area contributed by atoms with Crippen LogP contribution in [0.15, 0.2) is 47.9 Å². The van der Waals surface area contributed by atoms with Gasteiger partial charge >= 0.3 is 0 Å². The molecule has 9 nitrogen and oxygen atoms in total. The highest BCUT2D eigenvalue weighted by molar-refractivity contribution is 5.75. The van der Waals surface area contributed by atoms with Crippen molar-refractivity contribution in [2.24, 2.45) is 5.73 Å². The van der Waals surface area contributed by atoms with Crippen LogP contribution in [-0.4, -0.2) is 38.1 Å². The van der Waals surface area contributed by atoms with Crippen molar-refractivity contribution in [1.82, 2.24) is 10.2 Å². The van der Waals surface area contributed by atoms with E-state index in [1.54, 1.807) is 21.3 Å². The summed E-state index contributed by atoms with van der Waals surface area (Å²) in [6, 6.07) is 13.4. The van der Waals surface area contributed by atoms with Gasteiger partial charge in [-0.25, -0.2) is 0 Å². The van der Waals surface area contributed by atoms with Gasteiger partial charge in [0.2, 0.25) is 17.5 Å². The third-order valence-corrected chi connectivity index (χ3v) is 5.58. The van der Waals surface area contributed by atoms with Crippen molar-refractivity contribution in [3.05, 3.63) is 59.0 Å². The minimum atomic E-state index is -0.498. The van der Waals surface area contributed by atoms with Crippen LogP contribution < -0.4 is 29.4 Å². The second-order valence-corrected chi connectivity index (χ2v) is 7.57. The van der Waals surface area contributed by atoms with E-state index >= 15 is 0 Å². The zero-order chi connectivity index (χ0) is 24.2. The van der Waals surface area contributed by atoms with Crippen LogP contribution in [0.1, 0.15) is 30.4 Å². The molecular formula is C25H26N4O5. The number of methoxy groups -OCH3 is 3. The molecule has 0 aliphatic carbocycles. The number of nitrogens with two attached hydrogens (primary N) is 1. The van der Waals surface area contributed by atoms with Crippen molar-refractivity contribution in [2.75, 3.05) is 27.9 Å². The molecule has 1 aliphatic heterocycles. The highest BCUT2D eigenvalue weighted by Crippen LogP contribution is 2.48. The summed E-state index contributed by atoms with van der Waals surface area (Å²) in [5.74, 6) is 2.03. The molecule has 0 saturated heterocycles. The molecule has 0 bridgehead atoms. The van der Waals surface area contributed by atoms with Crippen LogP contribution in [0.25, 0.3) is 11.3 Å². The van der Waals surface area contributed by atoms with E-state index in [0.717, 1.165) is 23.3 Å². The number of nitriles is 1. The second kappa shape index (κ2) is 9.67. The van der Waals surface area contributed by atoms with Gasteiger partial charge in [0.05, 0.1) is 45.1 Å². The number of rotatable bonds is 8. The minimum Gasteiger partial charge on any atom is -0.494 e. The van der Waals surface area contributed by atoms with Crippen LogP contribution in [0.3, 0.4) is 0 Å². The van der Waals surface area contributed by atoms with Gasteiger partial charge in [-0.15, -0.1) is 5.10 Å². The van der Waals surface area contributed by atoms with Gasteiger partial charge in [-0.2, -0.15) is 5.26 Å². The standard InChI is InChI=1S/C25H26N4O5/c1-5-10-33-16-8-6-14(7-9-16)20-17(13-26)24(27)34-25-21(20)22(28-29-25)15-11-18(30-2)23(32-4)19(12-15)31-3/h6-9,11-12,20H,5,10,27H2,1-4H3,(H,28,29)/t20-/m0/s1. The highest BCUT2D eigenvalue weighted by atomic mass is 16.5. The molecule has 9 heteroatoms. The van der Waals surface area contributed by atoms with Crippen molar-refractivity contribution in [3.8, 4) is 46.2 Å². The van der Waals surface area contributed by atoms with Crippen molar-refractivity contribution < 1.29 is 23.7 Å². The van der Waals surface area contributed by atoms with E-state index in [9.17, 15) is 5.26 Å². The Balaban J connectivity index is 1.87. The van der Waals surface area contributed by atoms with Crippen LogP contribution in [0.5, 0.6) is 28.9 Å². The molecule has 1 aliphatic rings. The van der Waals surface area contributed by atoms with E-state index in [1.165, 1.54) is 0 Å². The summed E-state index contributed by atoms with van der Waals surface area (Å²) in [7, 11) is 4.65. The maximum Gasteiger partial charge on any atom is 0.244 e. The summed E-state index contributed by atoms with van der Waals surface area (Å²) in [5.41, 5.74) is 9.30. The Morgan fingerprint density at radius 3 is 2.32 bits per heavy atom. The zero-order valence-corrected chi connectivity index (χ0v) is 19.5. The normalized spacial score (nSPS) is 14.6. The quantitative estimate of drug-likeness (QED) is 0.512. The fourth-order valence-corrected chi connectivity index (χ4v) is 4.00. The maximum atomic E-state index is 9.94. The number of hydrogen-bond donors (Lipinski definition) is 2. The molecule has 3 N–H and O–H groups in total. The van der Waals surface area contributed by atoms with E-state index in [-0.39, 0.29) is 5.88 Å². The van der Waals surface area contributed by atoms with Gasteiger partial charge in [-0.1, -0.05) is 19.1 Å². The minimum absolute atomic E-state index is 0.0225. The van der Waals surface area contributed by atoms with Gasteiger partial charge in [0.25, 0.3) is 0 Å². The van der Waals surface area contributed by atoms with Gasteiger partial charge in [-0.05, 0) is 36.2 Å². The fourth-order valence-electron chi connectivity index (χ4n) is 4.00. The lowest BCUT2D eigenvalue weighted by molar-refractivity contribution is 0.317. The van der Waals surface area contributed by atoms with Gasteiger partial charge in [0.1, 0.15) is 17.4 Å². The Hall–Kier alpha value is -4.32. The van der Waals surface area contributed by atoms with Crippen LogP contribution in [0, 0.1) is 11.3 Å². The van der Waals surface area contributed by atoms with E-state index in [4.69, 9.17) is 29.4 Å². The second-order valence-electron chi connectivity index (χ2n) is 7.57. The number of fused-ring (bicyclic) bond motifs is 1. The number of hydrogen-bond acceptors (Lipinski definition) is 8. The Morgan fingerprint density at radius 1 is 1.09 bits per heavy atom. The van der Waals surface area contributed by atoms with Gasteiger partial charge in [0.15, 0.2) is 11.5 Å². The molecule has 1 atom stereocenters. The summed E-state index contributed by atoms with van der Waals surface area (Å²) in [4.78, 5) is 0. The smallest absolute Gasteiger partial charge is 0.244 e. The molecule has 0 unspecified atom stereocenters. The molecule has 0 radical (unpaired) electrons. The summed E-state index contributed by atoms with van der Waals surface area (Å²) in [5, 5.41) is 17.3. The first-order valence-corrected chi connectivity index (χ1v) is 10.7. The predicted octanol–water partition coefficient (Wildman–Crippen LogP) is 4.11. The Bertz CT molecular complexity index is 1230. The molecule has 2 aromatic carbocycles. The summed E-state index contributed by atoms with van der Waals surface area (Å²) in [6.45, 7) is 2.68. The molecule has 4 rings (SSSR count). The number of nitrogens with one attached hydrogen (secondary N) is 1. The molecule has 3 aromatic rings. The lowest BCUT2D eigenvalue weighted by Crippen LogP contribution is -2.21. The molecule has 0 fully saturated rings. The average Bonchev–Trinajstić information content (AvgIpc) is 3.29. The molecule has 1 aromatic heterocycles.